The molecule has 0 fully saturated rings. The van der Waals surface area contributed by atoms with Crippen LogP contribution < -0.4 is 0 Å². The summed E-state index contributed by atoms with van der Waals surface area (Å²) in [6, 6.07) is 6.72. The Balaban J connectivity index is 2.13. The molecular weight excluding hydrogens is 245 g/mol. The largest absolute Gasteiger partial charge is 0.250 e. The van der Waals surface area contributed by atoms with Crippen LogP contribution in [0.1, 0.15) is 20.8 Å². The zero-order valence-corrected chi connectivity index (χ0v) is 10.4. The number of alkyl halides is 1. The van der Waals surface area contributed by atoms with Crippen LogP contribution in [0, 0.1) is 12.7 Å². The highest BCUT2D eigenvalue weighted by Gasteiger charge is 2.13. The maximum Gasteiger partial charge on any atom is 0.126 e. The Hall–Kier alpha value is -0.930. The average Bonchev–Trinajstić information content (AvgIpc) is 2.68. The van der Waals surface area contributed by atoms with Crippen molar-refractivity contribution in [3.8, 4) is 0 Å². The highest BCUT2D eigenvalue weighted by Crippen LogP contribution is 2.29. The molecule has 0 amide bonds. The van der Waals surface area contributed by atoms with Gasteiger partial charge >= 0.3 is 0 Å². The van der Waals surface area contributed by atoms with E-state index in [0.29, 0.717) is 12.0 Å². The van der Waals surface area contributed by atoms with E-state index < -0.39 is 0 Å². The van der Waals surface area contributed by atoms with Gasteiger partial charge in [-0.3, -0.25) is 0 Å². The fourth-order valence-corrected chi connectivity index (χ4v) is 2.60. The molecule has 2 aromatic rings. The van der Waals surface area contributed by atoms with Crippen molar-refractivity contribution in [3.63, 3.8) is 0 Å². The first-order valence-corrected chi connectivity index (χ1v) is 6.22. The monoisotopic (exact) mass is 255 g/mol. The number of rotatable bonds is 3. The standard InChI is InChI=1S/C12H11ClFNS/c1-8-15-7-12(16-8)10(13)6-9-4-2-3-5-11(9)14/h2-5,7,10H,6H2,1H3. The first-order valence-electron chi connectivity index (χ1n) is 4.96. The number of thiazole rings is 1. The van der Waals surface area contributed by atoms with E-state index in [1.165, 1.54) is 6.07 Å². The van der Waals surface area contributed by atoms with Crippen LogP contribution in [0.3, 0.4) is 0 Å². The molecule has 0 bridgehead atoms. The predicted molar refractivity (Wildman–Crippen MR) is 65.5 cm³/mol. The van der Waals surface area contributed by atoms with Crippen molar-refractivity contribution in [2.24, 2.45) is 0 Å². The molecule has 0 aliphatic carbocycles. The molecule has 84 valence electrons. The summed E-state index contributed by atoms with van der Waals surface area (Å²) in [6.45, 7) is 1.93. The lowest BCUT2D eigenvalue weighted by Crippen LogP contribution is -1.96. The van der Waals surface area contributed by atoms with Gasteiger partial charge in [-0.15, -0.1) is 22.9 Å². The Labute approximate surface area is 103 Å². The van der Waals surface area contributed by atoms with Crippen molar-refractivity contribution in [1.29, 1.82) is 0 Å². The van der Waals surface area contributed by atoms with E-state index in [9.17, 15) is 4.39 Å². The molecule has 0 saturated heterocycles. The molecule has 4 heteroatoms. The zero-order valence-electron chi connectivity index (χ0n) is 8.78. The molecule has 2 rings (SSSR count). The van der Waals surface area contributed by atoms with Crippen LogP contribution in [0.4, 0.5) is 4.39 Å². The summed E-state index contributed by atoms with van der Waals surface area (Å²) in [5.74, 6) is -0.200. The third-order valence-electron chi connectivity index (χ3n) is 2.30. The number of aryl methyl sites for hydroxylation is 1. The minimum absolute atomic E-state index is 0.200. The smallest absolute Gasteiger partial charge is 0.126 e. The van der Waals surface area contributed by atoms with Crippen molar-refractivity contribution in [2.75, 3.05) is 0 Å². The van der Waals surface area contributed by atoms with Crippen molar-refractivity contribution in [2.45, 2.75) is 18.7 Å². The van der Waals surface area contributed by atoms with E-state index in [1.54, 1.807) is 29.7 Å². The second-order valence-electron chi connectivity index (χ2n) is 3.54. The molecule has 1 aromatic heterocycles. The molecule has 1 heterocycles. The lowest BCUT2D eigenvalue weighted by molar-refractivity contribution is 0.607. The average molecular weight is 256 g/mol. The molecule has 0 aliphatic rings. The van der Waals surface area contributed by atoms with Gasteiger partial charge < -0.3 is 0 Å². The van der Waals surface area contributed by atoms with Gasteiger partial charge in [0.15, 0.2) is 0 Å². The number of benzene rings is 1. The quantitative estimate of drug-likeness (QED) is 0.752. The Morgan fingerprint density at radius 3 is 2.81 bits per heavy atom. The van der Waals surface area contributed by atoms with Crippen LogP contribution in [0.5, 0.6) is 0 Å². The molecule has 16 heavy (non-hydrogen) atoms. The van der Waals surface area contributed by atoms with Gasteiger partial charge in [-0.1, -0.05) is 18.2 Å². The first kappa shape index (κ1) is 11.6. The molecule has 0 aliphatic heterocycles. The number of nitrogens with zero attached hydrogens (tertiary/aromatic N) is 1. The molecule has 1 unspecified atom stereocenters. The number of aromatic nitrogens is 1. The molecule has 0 saturated carbocycles. The summed E-state index contributed by atoms with van der Waals surface area (Å²) in [5, 5.41) is 0.775. The summed E-state index contributed by atoms with van der Waals surface area (Å²) in [7, 11) is 0. The third-order valence-corrected chi connectivity index (χ3v) is 3.85. The van der Waals surface area contributed by atoms with Gasteiger partial charge in [0.25, 0.3) is 0 Å². The van der Waals surface area contributed by atoms with Gasteiger partial charge in [-0.25, -0.2) is 9.37 Å². The Bertz CT molecular complexity index is 483. The highest BCUT2D eigenvalue weighted by atomic mass is 35.5. The van der Waals surface area contributed by atoms with Crippen LogP contribution in [0.15, 0.2) is 30.5 Å². The van der Waals surface area contributed by atoms with Gasteiger partial charge in [-0.05, 0) is 25.0 Å². The summed E-state index contributed by atoms with van der Waals surface area (Å²) >= 11 is 7.79. The van der Waals surface area contributed by atoms with Gasteiger partial charge in [0.2, 0.25) is 0 Å². The van der Waals surface area contributed by atoms with Crippen LogP contribution in [0.25, 0.3) is 0 Å². The molecule has 0 radical (unpaired) electrons. The summed E-state index contributed by atoms with van der Waals surface area (Å²) in [5.41, 5.74) is 0.647. The Morgan fingerprint density at radius 2 is 2.19 bits per heavy atom. The van der Waals surface area contributed by atoms with E-state index >= 15 is 0 Å². The minimum atomic E-state index is -0.205. The molecule has 1 atom stereocenters. The van der Waals surface area contributed by atoms with Gasteiger partial charge in [0, 0.05) is 11.1 Å². The maximum absolute atomic E-state index is 13.4. The number of hydrogen-bond acceptors (Lipinski definition) is 2. The third kappa shape index (κ3) is 2.60. The van der Waals surface area contributed by atoms with Gasteiger partial charge in [-0.2, -0.15) is 0 Å². The normalized spacial score (nSPS) is 12.7. The molecule has 1 nitrogen and oxygen atoms in total. The lowest BCUT2D eigenvalue weighted by Gasteiger charge is -2.07. The lowest BCUT2D eigenvalue weighted by atomic mass is 10.1. The molecular formula is C12H11ClFNS. The van der Waals surface area contributed by atoms with E-state index in [-0.39, 0.29) is 11.2 Å². The van der Waals surface area contributed by atoms with Crippen LogP contribution in [-0.4, -0.2) is 4.98 Å². The van der Waals surface area contributed by atoms with Crippen molar-refractivity contribution in [3.05, 3.63) is 51.7 Å². The zero-order chi connectivity index (χ0) is 11.5. The Kier molecular flexibility index (Phi) is 3.56. The molecule has 0 spiro atoms. The minimum Gasteiger partial charge on any atom is -0.250 e. The summed E-state index contributed by atoms with van der Waals surface area (Å²) in [6.07, 6.45) is 2.26. The number of halogens is 2. The fourth-order valence-electron chi connectivity index (χ4n) is 1.48. The van der Waals surface area contributed by atoms with Crippen LogP contribution >= 0.6 is 22.9 Å². The van der Waals surface area contributed by atoms with Gasteiger partial charge in [0.1, 0.15) is 5.82 Å². The van der Waals surface area contributed by atoms with Crippen LogP contribution in [0.2, 0.25) is 0 Å². The van der Waals surface area contributed by atoms with E-state index in [4.69, 9.17) is 11.6 Å². The summed E-state index contributed by atoms with van der Waals surface area (Å²) < 4.78 is 13.4. The van der Waals surface area contributed by atoms with Crippen molar-refractivity contribution in [1.82, 2.24) is 4.98 Å². The van der Waals surface area contributed by atoms with E-state index in [1.807, 2.05) is 13.0 Å². The maximum atomic E-state index is 13.4. The van der Waals surface area contributed by atoms with E-state index in [2.05, 4.69) is 4.98 Å². The van der Waals surface area contributed by atoms with Crippen molar-refractivity contribution < 1.29 is 4.39 Å². The first-order chi connectivity index (χ1) is 7.66. The topological polar surface area (TPSA) is 12.9 Å². The van der Waals surface area contributed by atoms with Crippen LogP contribution in [-0.2, 0) is 6.42 Å². The second kappa shape index (κ2) is 4.93. The Morgan fingerprint density at radius 1 is 1.44 bits per heavy atom. The molecule has 1 aromatic carbocycles. The number of hydrogen-bond donors (Lipinski definition) is 0. The highest BCUT2D eigenvalue weighted by molar-refractivity contribution is 7.11. The SMILES string of the molecule is Cc1ncc(C(Cl)Cc2ccccc2F)s1. The van der Waals surface area contributed by atoms with Crippen molar-refractivity contribution >= 4 is 22.9 Å². The van der Waals surface area contributed by atoms with Gasteiger partial charge in [0.05, 0.1) is 10.4 Å². The summed E-state index contributed by atoms with van der Waals surface area (Å²) in [4.78, 5) is 5.13. The predicted octanol–water partition coefficient (Wildman–Crippen LogP) is 4.11. The fraction of sp³-hybridized carbons (Fsp3) is 0.250. The molecule has 0 N–H and O–H groups in total. The second-order valence-corrected chi connectivity index (χ2v) is 5.34. The van der Waals surface area contributed by atoms with E-state index in [0.717, 1.165) is 9.88 Å².